The molecule has 0 aliphatic rings. The van der Waals surface area contributed by atoms with Crippen LogP contribution in [0, 0.1) is 0 Å². The van der Waals surface area contributed by atoms with Crippen molar-refractivity contribution in [1.82, 2.24) is 9.78 Å². The fourth-order valence-electron chi connectivity index (χ4n) is 3.12. The highest BCUT2D eigenvalue weighted by atomic mass is 35.5. The summed E-state index contributed by atoms with van der Waals surface area (Å²) in [4.78, 5) is 11.9. The second-order valence-electron chi connectivity index (χ2n) is 7.58. The van der Waals surface area contributed by atoms with Crippen molar-refractivity contribution < 1.29 is 18.3 Å². The molecule has 2 aromatic carbocycles. The van der Waals surface area contributed by atoms with Crippen molar-refractivity contribution in [3.8, 4) is 16.9 Å². The van der Waals surface area contributed by atoms with Crippen LogP contribution < -0.4 is 5.14 Å². The lowest BCUT2D eigenvalue weighted by molar-refractivity contribution is 0.0687. The molecule has 0 spiro atoms. The summed E-state index contributed by atoms with van der Waals surface area (Å²) in [5.41, 5.74) is 1.78. The van der Waals surface area contributed by atoms with Crippen LogP contribution in [0.4, 0.5) is 0 Å². The van der Waals surface area contributed by atoms with Gasteiger partial charge in [0, 0.05) is 16.1 Å². The number of primary sulfonamides is 1. The van der Waals surface area contributed by atoms with Gasteiger partial charge in [0.25, 0.3) is 0 Å². The second kappa shape index (κ2) is 7.29. The third-order valence-electron chi connectivity index (χ3n) is 4.37. The minimum absolute atomic E-state index is 0.0454. The summed E-state index contributed by atoms with van der Waals surface area (Å²) < 4.78 is 24.6. The Morgan fingerprint density at radius 3 is 2.07 bits per heavy atom. The SMILES string of the molecule is CC(C)(C)c1c(C(=O)O)nn(-c2ccc(S(N)(=O)=O)cc2)c1-c1ccc(Cl)cc1. The van der Waals surface area contributed by atoms with Crippen LogP contribution in [-0.2, 0) is 15.4 Å². The van der Waals surface area contributed by atoms with Crippen LogP contribution in [0.1, 0.15) is 36.8 Å². The van der Waals surface area contributed by atoms with Gasteiger partial charge in [-0.2, -0.15) is 5.10 Å². The van der Waals surface area contributed by atoms with E-state index in [4.69, 9.17) is 16.7 Å². The van der Waals surface area contributed by atoms with E-state index in [1.54, 1.807) is 24.3 Å². The van der Waals surface area contributed by atoms with Gasteiger partial charge in [-0.3, -0.25) is 0 Å². The Morgan fingerprint density at radius 2 is 1.62 bits per heavy atom. The zero-order chi connectivity index (χ0) is 21.6. The molecule has 3 N–H and O–H groups in total. The monoisotopic (exact) mass is 433 g/mol. The number of halogens is 1. The highest BCUT2D eigenvalue weighted by Gasteiger charge is 2.32. The molecular weight excluding hydrogens is 414 g/mol. The number of aromatic carboxylic acids is 1. The Morgan fingerprint density at radius 1 is 1.07 bits per heavy atom. The predicted molar refractivity (Wildman–Crippen MR) is 111 cm³/mol. The average molecular weight is 434 g/mol. The topological polar surface area (TPSA) is 115 Å². The third kappa shape index (κ3) is 4.19. The summed E-state index contributed by atoms with van der Waals surface area (Å²) in [5.74, 6) is -1.15. The quantitative estimate of drug-likeness (QED) is 0.648. The summed E-state index contributed by atoms with van der Waals surface area (Å²) in [6.07, 6.45) is 0. The minimum atomic E-state index is -3.85. The molecule has 3 rings (SSSR count). The first-order chi connectivity index (χ1) is 13.4. The number of carbonyl (C=O) groups is 1. The number of nitrogens with two attached hydrogens (primary N) is 1. The van der Waals surface area contributed by atoms with Crippen LogP contribution in [0.25, 0.3) is 16.9 Å². The van der Waals surface area contributed by atoms with E-state index in [1.165, 1.54) is 28.9 Å². The number of aromatic nitrogens is 2. The van der Waals surface area contributed by atoms with Crippen molar-refractivity contribution in [2.45, 2.75) is 31.1 Å². The Balaban J connectivity index is 2.34. The molecule has 1 aromatic heterocycles. The number of carboxylic acid groups (broad SMARTS) is 1. The van der Waals surface area contributed by atoms with E-state index >= 15 is 0 Å². The van der Waals surface area contributed by atoms with Crippen LogP contribution in [0.15, 0.2) is 53.4 Å². The highest BCUT2D eigenvalue weighted by molar-refractivity contribution is 7.89. The zero-order valence-electron chi connectivity index (χ0n) is 16.0. The van der Waals surface area contributed by atoms with E-state index in [2.05, 4.69) is 5.10 Å². The van der Waals surface area contributed by atoms with Gasteiger partial charge < -0.3 is 5.11 Å². The molecule has 0 atom stereocenters. The number of sulfonamides is 1. The van der Waals surface area contributed by atoms with Crippen molar-refractivity contribution in [3.05, 3.63) is 64.8 Å². The van der Waals surface area contributed by atoms with Crippen LogP contribution in [0.2, 0.25) is 5.02 Å². The van der Waals surface area contributed by atoms with Gasteiger partial charge in [0.15, 0.2) is 5.69 Å². The number of hydrogen-bond donors (Lipinski definition) is 2. The molecule has 29 heavy (non-hydrogen) atoms. The molecule has 0 saturated carbocycles. The molecule has 7 nitrogen and oxygen atoms in total. The molecule has 1 heterocycles. The Kier molecular flexibility index (Phi) is 5.29. The van der Waals surface area contributed by atoms with Gasteiger partial charge in [0.1, 0.15) is 0 Å². The lowest BCUT2D eigenvalue weighted by atomic mass is 9.83. The lowest BCUT2D eigenvalue weighted by Crippen LogP contribution is -2.16. The standard InChI is InChI=1S/C20H20ClN3O4S/c1-20(2,3)16-17(19(25)26)23-24(18(16)12-4-6-13(21)7-5-12)14-8-10-15(11-9-14)29(22,27)28/h4-11H,1-3H3,(H,25,26)(H2,22,27,28). The van der Waals surface area contributed by atoms with Gasteiger partial charge in [0.05, 0.1) is 16.3 Å². The first-order valence-electron chi connectivity index (χ1n) is 8.65. The first-order valence-corrected chi connectivity index (χ1v) is 10.6. The van der Waals surface area contributed by atoms with Crippen LogP contribution in [0.5, 0.6) is 0 Å². The maximum absolute atomic E-state index is 11.9. The third-order valence-corrected chi connectivity index (χ3v) is 5.55. The molecule has 0 unspecified atom stereocenters. The lowest BCUT2D eigenvalue weighted by Gasteiger charge is -2.21. The molecule has 0 aliphatic heterocycles. The van der Waals surface area contributed by atoms with Gasteiger partial charge >= 0.3 is 5.97 Å². The van der Waals surface area contributed by atoms with Gasteiger partial charge in [-0.1, -0.05) is 44.5 Å². The van der Waals surface area contributed by atoms with E-state index in [0.29, 0.717) is 22.0 Å². The largest absolute Gasteiger partial charge is 0.476 e. The summed E-state index contributed by atoms with van der Waals surface area (Å²) >= 11 is 6.02. The van der Waals surface area contributed by atoms with Crippen molar-refractivity contribution in [2.75, 3.05) is 0 Å². The average Bonchev–Trinajstić information content (AvgIpc) is 3.03. The number of benzene rings is 2. The van der Waals surface area contributed by atoms with Crippen molar-refractivity contribution >= 4 is 27.6 Å². The zero-order valence-corrected chi connectivity index (χ0v) is 17.6. The Bertz CT molecular complexity index is 1180. The Labute approximate surface area is 173 Å². The predicted octanol–water partition coefficient (Wildman–Crippen LogP) is 3.84. The van der Waals surface area contributed by atoms with Gasteiger partial charge in [0.2, 0.25) is 10.0 Å². The molecule has 0 saturated heterocycles. The number of hydrogen-bond acceptors (Lipinski definition) is 4. The molecular formula is C20H20ClN3O4S. The summed E-state index contributed by atoms with van der Waals surface area (Å²) in [7, 11) is -3.85. The molecule has 9 heteroatoms. The van der Waals surface area contributed by atoms with Crippen LogP contribution in [0.3, 0.4) is 0 Å². The van der Waals surface area contributed by atoms with E-state index in [9.17, 15) is 18.3 Å². The minimum Gasteiger partial charge on any atom is -0.476 e. The number of nitrogens with zero attached hydrogens (tertiary/aromatic N) is 2. The first kappa shape index (κ1) is 21.0. The molecule has 3 aromatic rings. The summed E-state index contributed by atoms with van der Waals surface area (Å²) in [6.45, 7) is 5.72. The van der Waals surface area contributed by atoms with Gasteiger partial charge in [-0.15, -0.1) is 0 Å². The number of carboxylic acids is 1. The molecule has 0 fully saturated rings. The fourth-order valence-corrected chi connectivity index (χ4v) is 3.76. The number of rotatable bonds is 4. The van der Waals surface area contributed by atoms with Crippen LogP contribution >= 0.6 is 11.6 Å². The summed E-state index contributed by atoms with van der Waals surface area (Å²) in [5, 5.41) is 19.8. The van der Waals surface area contributed by atoms with Gasteiger partial charge in [-0.25, -0.2) is 23.0 Å². The highest BCUT2D eigenvalue weighted by Crippen LogP contribution is 2.37. The normalized spacial score (nSPS) is 12.2. The molecule has 0 bridgehead atoms. The van der Waals surface area contributed by atoms with Crippen molar-refractivity contribution in [3.63, 3.8) is 0 Å². The van der Waals surface area contributed by atoms with Crippen LogP contribution in [-0.4, -0.2) is 29.3 Å². The van der Waals surface area contributed by atoms with Gasteiger partial charge in [-0.05, 0) is 41.8 Å². The second-order valence-corrected chi connectivity index (χ2v) is 9.58. The smallest absolute Gasteiger partial charge is 0.356 e. The van der Waals surface area contributed by atoms with Crippen molar-refractivity contribution in [1.29, 1.82) is 0 Å². The fraction of sp³-hybridized carbons (Fsp3) is 0.200. The van der Waals surface area contributed by atoms with E-state index in [1.807, 2.05) is 20.8 Å². The maximum atomic E-state index is 11.9. The van der Waals surface area contributed by atoms with E-state index in [0.717, 1.165) is 5.56 Å². The van der Waals surface area contributed by atoms with E-state index in [-0.39, 0.29) is 10.6 Å². The Hall–Kier alpha value is -2.68. The van der Waals surface area contributed by atoms with E-state index < -0.39 is 21.4 Å². The molecule has 152 valence electrons. The maximum Gasteiger partial charge on any atom is 0.356 e. The molecule has 0 amide bonds. The molecule has 0 radical (unpaired) electrons. The summed E-state index contributed by atoms with van der Waals surface area (Å²) in [6, 6.07) is 12.8. The molecule has 0 aliphatic carbocycles. The van der Waals surface area contributed by atoms with Crippen molar-refractivity contribution in [2.24, 2.45) is 5.14 Å².